The molecule has 14 heavy (non-hydrogen) atoms. The summed E-state index contributed by atoms with van der Waals surface area (Å²) in [7, 11) is 0. The van der Waals surface area contributed by atoms with Gasteiger partial charge in [-0.2, -0.15) is 0 Å². The second kappa shape index (κ2) is 4.22. The number of aromatic nitrogens is 1. The molecule has 0 fully saturated rings. The van der Waals surface area contributed by atoms with Gasteiger partial charge in [-0.05, 0) is 0 Å². The Hall–Kier alpha value is -2.11. The van der Waals surface area contributed by atoms with E-state index in [1.807, 2.05) is 0 Å². The third kappa shape index (κ3) is 2.19. The van der Waals surface area contributed by atoms with E-state index in [1.54, 1.807) is 0 Å². The number of rotatable bonds is 4. The van der Waals surface area contributed by atoms with Gasteiger partial charge >= 0.3 is 5.97 Å². The summed E-state index contributed by atoms with van der Waals surface area (Å²) in [5.41, 5.74) is -0.0655. The number of carbonyl (C=O) groups excluding carboxylic acids is 1. The summed E-state index contributed by atoms with van der Waals surface area (Å²) in [6, 6.07) is 1.06. The first-order chi connectivity index (χ1) is 6.65. The SMILES string of the molecule is C=CCNC(=O)c1cc(C(=O)O)on1. The molecular weight excluding hydrogens is 188 g/mol. The van der Waals surface area contributed by atoms with Gasteiger partial charge in [-0.1, -0.05) is 11.2 Å². The zero-order valence-electron chi connectivity index (χ0n) is 7.19. The Kier molecular flexibility index (Phi) is 3.01. The number of aromatic carboxylic acids is 1. The van der Waals surface area contributed by atoms with E-state index < -0.39 is 11.9 Å². The molecule has 0 aromatic carbocycles. The molecule has 0 aliphatic heterocycles. The predicted octanol–water partition coefficient (Wildman–Crippen LogP) is 0.289. The van der Waals surface area contributed by atoms with Crippen LogP contribution in [-0.4, -0.2) is 28.7 Å². The fourth-order valence-electron chi connectivity index (χ4n) is 0.738. The van der Waals surface area contributed by atoms with Gasteiger partial charge in [-0.25, -0.2) is 4.79 Å². The van der Waals surface area contributed by atoms with Crippen molar-refractivity contribution in [1.29, 1.82) is 0 Å². The standard InChI is InChI=1S/C8H8N2O4/c1-2-3-9-7(11)5-4-6(8(12)13)14-10-5/h2,4H,1,3H2,(H,9,11)(H,12,13). The van der Waals surface area contributed by atoms with E-state index in [4.69, 9.17) is 5.11 Å². The lowest BCUT2D eigenvalue weighted by Gasteiger charge is -1.95. The molecule has 6 heteroatoms. The van der Waals surface area contributed by atoms with Crippen molar-refractivity contribution in [3.8, 4) is 0 Å². The van der Waals surface area contributed by atoms with E-state index in [0.29, 0.717) is 0 Å². The van der Waals surface area contributed by atoms with Crippen molar-refractivity contribution in [2.75, 3.05) is 6.54 Å². The first kappa shape index (κ1) is 9.97. The molecule has 0 aliphatic rings. The maximum atomic E-state index is 11.2. The van der Waals surface area contributed by atoms with E-state index in [0.717, 1.165) is 6.07 Å². The molecule has 74 valence electrons. The molecule has 6 nitrogen and oxygen atoms in total. The molecule has 0 spiro atoms. The summed E-state index contributed by atoms with van der Waals surface area (Å²) in [6.45, 7) is 3.69. The van der Waals surface area contributed by atoms with Crippen LogP contribution in [-0.2, 0) is 0 Å². The molecule has 0 saturated carbocycles. The van der Waals surface area contributed by atoms with Gasteiger partial charge in [0.15, 0.2) is 5.69 Å². The van der Waals surface area contributed by atoms with Gasteiger partial charge in [-0.3, -0.25) is 4.79 Å². The molecule has 0 atom stereocenters. The van der Waals surface area contributed by atoms with Crippen LogP contribution in [0.5, 0.6) is 0 Å². The maximum Gasteiger partial charge on any atom is 0.374 e. The summed E-state index contributed by atoms with van der Waals surface area (Å²) in [5.74, 6) is -2.13. The summed E-state index contributed by atoms with van der Waals surface area (Å²) in [6.07, 6.45) is 1.50. The van der Waals surface area contributed by atoms with Crippen LogP contribution in [0.4, 0.5) is 0 Å². The largest absolute Gasteiger partial charge is 0.475 e. The number of carbonyl (C=O) groups is 2. The van der Waals surface area contributed by atoms with Crippen molar-refractivity contribution < 1.29 is 19.2 Å². The third-order valence-electron chi connectivity index (χ3n) is 1.36. The van der Waals surface area contributed by atoms with Gasteiger partial charge in [0.2, 0.25) is 5.76 Å². The molecule has 0 unspecified atom stereocenters. The highest BCUT2D eigenvalue weighted by Gasteiger charge is 2.15. The smallest absolute Gasteiger partial charge is 0.374 e. The minimum Gasteiger partial charge on any atom is -0.475 e. The highest BCUT2D eigenvalue weighted by Crippen LogP contribution is 2.02. The number of nitrogens with zero attached hydrogens (tertiary/aromatic N) is 1. The number of carboxylic acids is 1. The van der Waals surface area contributed by atoms with Crippen LogP contribution >= 0.6 is 0 Å². The molecule has 1 amide bonds. The van der Waals surface area contributed by atoms with E-state index in [2.05, 4.69) is 21.6 Å². The van der Waals surface area contributed by atoms with E-state index >= 15 is 0 Å². The lowest BCUT2D eigenvalue weighted by Crippen LogP contribution is -2.23. The van der Waals surface area contributed by atoms with Gasteiger partial charge < -0.3 is 14.9 Å². The summed E-state index contributed by atoms with van der Waals surface area (Å²) < 4.78 is 4.39. The fraction of sp³-hybridized carbons (Fsp3) is 0.125. The molecule has 0 aliphatic carbocycles. The highest BCUT2D eigenvalue weighted by molar-refractivity contribution is 5.94. The van der Waals surface area contributed by atoms with Crippen LogP contribution in [0.2, 0.25) is 0 Å². The monoisotopic (exact) mass is 196 g/mol. The summed E-state index contributed by atoms with van der Waals surface area (Å²) >= 11 is 0. The molecule has 0 saturated heterocycles. The van der Waals surface area contributed by atoms with Gasteiger partial charge in [0.1, 0.15) is 0 Å². The Morgan fingerprint density at radius 1 is 1.71 bits per heavy atom. The van der Waals surface area contributed by atoms with E-state index in [9.17, 15) is 9.59 Å². The predicted molar refractivity (Wildman–Crippen MR) is 46.0 cm³/mol. The Morgan fingerprint density at radius 2 is 2.43 bits per heavy atom. The van der Waals surface area contributed by atoms with Crippen LogP contribution in [0.15, 0.2) is 23.2 Å². The normalized spacial score (nSPS) is 9.43. The third-order valence-corrected chi connectivity index (χ3v) is 1.36. The molecule has 0 radical (unpaired) electrons. The van der Waals surface area contributed by atoms with Crippen LogP contribution in [0.3, 0.4) is 0 Å². The summed E-state index contributed by atoms with van der Waals surface area (Å²) in [4.78, 5) is 21.5. The zero-order chi connectivity index (χ0) is 10.6. The fourth-order valence-corrected chi connectivity index (χ4v) is 0.738. The topological polar surface area (TPSA) is 92.4 Å². The number of hydrogen-bond acceptors (Lipinski definition) is 4. The second-order valence-corrected chi connectivity index (χ2v) is 2.38. The quantitative estimate of drug-likeness (QED) is 0.675. The second-order valence-electron chi connectivity index (χ2n) is 2.38. The molecular formula is C8H8N2O4. The van der Waals surface area contributed by atoms with Crippen molar-refractivity contribution >= 4 is 11.9 Å². The average molecular weight is 196 g/mol. The number of nitrogens with one attached hydrogen (secondary N) is 1. The van der Waals surface area contributed by atoms with Crippen LogP contribution in [0.25, 0.3) is 0 Å². The summed E-state index contributed by atoms with van der Waals surface area (Å²) in [5, 5.41) is 14.2. The van der Waals surface area contributed by atoms with Crippen LogP contribution in [0.1, 0.15) is 21.0 Å². The van der Waals surface area contributed by atoms with E-state index in [1.165, 1.54) is 6.08 Å². The Bertz CT molecular complexity index is 369. The molecule has 1 aromatic heterocycles. The number of carboxylic acid groups (broad SMARTS) is 1. The van der Waals surface area contributed by atoms with Gasteiger partial charge in [0.05, 0.1) is 0 Å². The molecule has 1 rings (SSSR count). The number of amides is 1. The highest BCUT2D eigenvalue weighted by atomic mass is 16.5. The molecule has 1 aromatic rings. The minimum absolute atomic E-state index is 0.0655. The Labute approximate surface area is 79.2 Å². The van der Waals surface area contributed by atoms with E-state index in [-0.39, 0.29) is 18.0 Å². The number of hydrogen-bond donors (Lipinski definition) is 2. The van der Waals surface area contributed by atoms with Crippen LogP contribution in [0, 0.1) is 0 Å². The Balaban J connectivity index is 2.71. The first-order valence-corrected chi connectivity index (χ1v) is 3.74. The first-order valence-electron chi connectivity index (χ1n) is 3.74. The zero-order valence-corrected chi connectivity index (χ0v) is 7.19. The van der Waals surface area contributed by atoms with Crippen molar-refractivity contribution in [3.05, 3.63) is 30.2 Å². The molecule has 0 bridgehead atoms. The van der Waals surface area contributed by atoms with Crippen molar-refractivity contribution in [3.63, 3.8) is 0 Å². The van der Waals surface area contributed by atoms with Crippen molar-refractivity contribution in [2.45, 2.75) is 0 Å². The average Bonchev–Trinajstić information content (AvgIpc) is 2.62. The lowest BCUT2D eigenvalue weighted by molar-refractivity contribution is 0.0651. The van der Waals surface area contributed by atoms with Gasteiger partial charge in [0.25, 0.3) is 5.91 Å². The lowest BCUT2D eigenvalue weighted by atomic mass is 10.3. The molecule has 2 N–H and O–H groups in total. The Morgan fingerprint density at radius 3 is 2.93 bits per heavy atom. The molecule has 1 heterocycles. The van der Waals surface area contributed by atoms with Gasteiger partial charge in [0, 0.05) is 12.6 Å². The van der Waals surface area contributed by atoms with Crippen LogP contribution < -0.4 is 5.32 Å². The van der Waals surface area contributed by atoms with Crippen molar-refractivity contribution in [1.82, 2.24) is 10.5 Å². The van der Waals surface area contributed by atoms with Crippen molar-refractivity contribution in [2.24, 2.45) is 0 Å². The minimum atomic E-state index is -1.26. The maximum absolute atomic E-state index is 11.2. The van der Waals surface area contributed by atoms with Gasteiger partial charge in [-0.15, -0.1) is 6.58 Å².